The molecular weight excluding hydrogens is 470 g/mol. The monoisotopic (exact) mass is 505 g/mol. The maximum Gasteiger partial charge on any atom is 0.312 e. The van der Waals surface area contributed by atoms with Crippen LogP contribution in [-0.4, -0.2) is 30.1 Å². The van der Waals surface area contributed by atoms with Gasteiger partial charge in [-0.25, -0.2) is 0 Å². The first-order chi connectivity index (χ1) is 17.3. The van der Waals surface area contributed by atoms with Crippen molar-refractivity contribution in [2.24, 2.45) is 17.3 Å². The first-order valence-electron chi connectivity index (χ1n) is 13.0. The van der Waals surface area contributed by atoms with Crippen molar-refractivity contribution in [1.82, 2.24) is 5.32 Å². The van der Waals surface area contributed by atoms with Crippen LogP contribution in [0.15, 0.2) is 53.4 Å². The Morgan fingerprint density at radius 1 is 0.944 bits per heavy atom. The summed E-state index contributed by atoms with van der Waals surface area (Å²) in [6.45, 7) is 3.89. The molecule has 4 fully saturated rings. The molecule has 2 amide bonds. The normalized spacial score (nSPS) is 28.1. The second kappa shape index (κ2) is 10.0. The van der Waals surface area contributed by atoms with Crippen LogP contribution >= 0.6 is 11.8 Å². The molecule has 2 aromatic rings. The number of imide groups is 1. The molecule has 0 saturated heterocycles. The number of amides is 2. The number of carbonyl (C=O) groups is 3. The van der Waals surface area contributed by atoms with E-state index in [1.165, 1.54) is 23.1 Å². The molecule has 1 N–H and O–H groups in total. The van der Waals surface area contributed by atoms with E-state index in [1.807, 2.05) is 30.3 Å². The number of esters is 1. The van der Waals surface area contributed by atoms with Crippen LogP contribution in [0.1, 0.15) is 61.6 Å². The molecular formula is C30H35NO4S. The molecule has 0 aliphatic heterocycles. The van der Waals surface area contributed by atoms with Gasteiger partial charge in [0.2, 0.25) is 5.91 Å². The Morgan fingerprint density at radius 3 is 2.36 bits per heavy atom. The quantitative estimate of drug-likeness (QED) is 0.378. The Labute approximate surface area is 217 Å². The molecule has 4 aliphatic carbocycles. The van der Waals surface area contributed by atoms with Gasteiger partial charge in [-0.3, -0.25) is 19.7 Å². The Morgan fingerprint density at radius 2 is 1.67 bits per heavy atom. The minimum atomic E-state index is -0.549. The first-order valence-corrected chi connectivity index (χ1v) is 14.0. The predicted octanol–water partition coefficient (Wildman–Crippen LogP) is 5.51. The molecule has 6 heteroatoms. The second-order valence-corrected chi connectivity index (χ2v) is 12.4. The van der Waals surface area contributed by atoms with Crippen LogP contribution in [0.25, 0.3) is 0 Å². The highest BCUT2D eigenvalue weighted by atomic mass is 32.2. The molecule has 0 spiro atoms. The number of ether oxygens (including phenoxy) is 1. The Kier molecular flexibility index (Phi) is 6.99. The number of benzene rings is 2. The standard InChI is InChI=1S/C30H35NO4S/c1-20-8-9-24(12-21(20)2)29-14-22-13-23(15-29)17-30(16-22,19-29)28(34)35-18-27(33)31-26(32)10-11-36-25-6-4-3-5-7-25/h3-9,12,22-23H,10-11,13-19H2,1-2H3,(H,31,32,33). The average Bonchev–Trinajstić information content (AvgIpc) is 2.84. The molecule has 0 aromatic heterocycles. The molecule has 0 heterocycles. The van der Waals surface area contributed by atoms with E-state index in [2.05, 4.69) is 37.4 Å². The molecule has 0 radical (unpaired) electrons. The van der Waals surface area contributed by atoms with Gasteiger partial charge in [0.1, 0.15) is 0 Å². The molecule has 36 heavy (non-hydrogen) atoms. The van der Waals surface area contributed by atoms with Gasteiger partial charge in [-0.05, 0) is 98.4 Å². The lowest BCUT2D eigenvalue weighted by atomic mass is 9.43. The lowest BCUT2D eigenvalue weighted by Gasteiger charge is -2.61. The minimum Gasteiger partial charge on any atom is -0.455 e. The summed E-state index contributed by atoms with van der Waals surface area (Å²) in [6.07, 6.45) is 6.20. The lowest BCUT2D eigenvalue weighted by Crippen LogP contribution is -2.57. The summed E-state index contributed by atoms with van der Waals surface area (Å²) in [7, 11) is 0. The van der Waals surface area contributed by atoms with E-state index in [0.29, 0.717) is 17.6 Å². The maximum atomic E-state index is 13.4. The molecule has 6 rings (SSSR count). The topological polar surface area (TPSA) is 72.5 Å². The van der Waals surface area contributed by atoms with E-state index in [-0.39, 0.29) is 23.7 Å². The summed E-state index contributed by atoms with van der Waals surface area (Å²) in [5.41, 5.74) is 3.45. The summed E-state index contributed by atoms with van der Waals surface area (Å²) in [5, 5.41) is 2.37. The van der Waals surface area contributed by atoms with E-state index in [4.69, 9.17) is 4.74 Å². The number of rotatable bonds is 8. The zero-order valence-electron chi connectivity index (χ0n) is 21.2. The zero-order chi connectivity index (χ0) is 25.3. The van der Waals surface area contributed by atoms with Crippen molar-refractivity contribution in [3.8, 4) is 0 Å². The number of nitrogens with one attached hydrogen (secondary N) is 1. The Balaban J connectivity index is 1.17. The van der Waals surface area contributed by atoms with Crippen molar-refractivity contribution in [3.05, 3.63) is 65.2 Å². The van der Waals surface area contributed by atoms with Crippen LogP contribution in [0.4, 0.5) is 0 Å². The largest absolute Gasteiger partial charge is 0.455 e. The Hall–Kier alpha value is -2.60. The minimum absolute atomic E-state index is 0.0240. The van der Waals surface area contributed by atoms with Crippen LogP contribution in [0.5, 0.6) is 0 Å². The lowest BCUT2D eigenvalue weighted by molar-refractivity contribution is -0.175. The maximum absolute atomic E-state index is 13.4. The van der Waals surface area contributed by atoms with Crippen molar-refractivity contribution in [2.45, 2.75) is 69.1 Å². The molecule has 5 nitrogen and oxygen atoms in total. The van der Waals surface area contributed by atoms with Crippen LogP contribution in [-0.2, 0) is 24.5 Å². The third-order valence-corrected chi connectivity index (χ3v) is 9.58. The Bertz CT molecular complexity index is 1150. The summed E-state index contributed by atoms with van der Waals surface area (Å²) < 4.78 is 5.58. The van der Waals surface area contributed by atoms with Gasteiger partial charge in [0.05, 0.1) is 5.41 Å². The van der Waals surface area contributed by atoms with Gasteiger partial charge in [0.25, 0.3) is 5.91 Å². The van der Waals surface area contributed by atoms with Crippen LogP contribution in [0.3, 0.4) is 0 Å². The van der Waals surface area contributed by atoms with Gasteiger partial charge < -0.3 is 4.74 Å². The fourth-order valence-corrected chi connectivity index (χ4v) is 8.10. The van der Waals surface area contributed by atoms with Crippen molar-refractivity contribution >= 4 is 29.5 Å². The van der Waals surface area contributed by atoms with Crippen LogP contribution in [0, 0.1) is 31.1 Å². The molecule has 2 aromatic carbocycles. The number of hydrogen-bond donors (Lipinski definition) is 1. The van der Waals surface area contributed by atoms with E-state index >= 15 is 0 Å². The van der Waals surface area contributed by atoms with E-state index in [0.717, 1.165) is 37.0 Å². The number of hydrogen-bond acceptors (Lipinski definition) is 5. The SMILES string of the molecule is Cc1ccc(C23CC4CC(CC(C(=O)OCC(=O)NC(=O)CCSc5ccccc5)(C4)C2)C3)cc1C. The molecule has 4 bridgehead atoms. The highest BCUT2D eigenvalue weighted by molar-refractivity contribution is 7.99. The van der Waals surface area contributed by atoms with Crippen molar-refractivity contribution in [2.75, 3.05) is 12.4 Å². The smallest absolute Gasteiger partial charge is 0.312 e. The second-order valence-electron chi connectivity index (χ2n) is 11.3. The average molecular weight is 506 g/mol. The fraction of sp³-hybridized carbons (Fsp3) is 0.500. The summed E-state index contributed by atoms with van der Waals surface area (Å²) in [4.78, 5) is 39.0. The highest BCUT2D eigenvalue weighted by Crippen LogP contribution is 2.66. The van der Waals surface area contributed by atoms with Gasteiger partial charge >= 0.3 is 5.97 Å². The third kappa shape index (κ3) is 5.10. The van der Waals surface area contributed by atoms with Gasteiger partial charge in [-0.15, -0.1) is 11.8 Å². The van der Waals surface area contributed by atoms with Crippen LogP contribution in [0.2, 0.25) is 0 Å². The van der Waals surface area contributed by atoms with Gasteiger partial charge in [0, 0.05) is 17.1 Å². The van der Waals surface area contributed by atoms with Gasteiger partial charge in [-0.2, -0.15) is 0 Å². The predicted molar refractivity (Wildman–Crippen MR) is 141 cm³/mol. The molecule has 4 saturated carbocycles. The van der Waals surface area contributed by atoms with Gasteiger partial charge in [-0.1, -0.05) is 36.4 Å². The molecule has 2 atom stereocenters. The molecule has 4 aliphatic rings. The summed E-state index contributed by atoms with van der Waals surface area (Å²) in [6, 6.07) is 16.6. The van der Waals surface area contributed by atoms with Crippen molar-refractivity contribution in [1.29, 1.82) is 0 Å². The van der Waals surface area contributed by atoms with Crippen molar-refractivity contribution in [3.63, 3.8) is 0 Å². The van der Waals surface area contributed by atoms with Crippen molar-refractivity contribution < 1.29 is 19.1 Å². The summed E-state index contributed by atoms with van der Waals surface area (Å²) in [5.74, 6) is 0.479. The first kappa shape index (κ1) is 25.1. The van der Waals surface area contributed by atoms with E-state index < -0.39 is 17.9 Å². The fourth-order valence-electron chi connectivity index (χ4n) is 7.23. The van der Waals surface area contributed by atoms with Gasteiger partial charge in [0.15, 0.2) is 6.61 Å². The number of thioether (sulfide) groups is 1. The highest BCUT2D eigenvalue weighted by Gasteiger charge is 2.61. The van der Waals surface area contributed by atoms with E-state index in [1.54, 1.807) is 11.8 Å². The number of carbonyl (C=O) groups excluding carboxylic acids is 3. The van der Waals surface area contributed by atoms with E-state index in [9.17, 15) is 14.4 Å². The van der Waals surface area contributed by atoms with Crippen LogP contribution < -0.4 is 5.32 Å². The summed E-state index contributed by atoms with van der Waals surface area (Å²) >= 11 is 1.57. The number of aryl methyl sites for hydroxylation is 2. The third-order valence-electron chi connectivity index (χ3n) is 8.57. The zero-order valence-corrected chi connectivity index (χ0v) is 22.0. The molecule has 2 unspecified atom stereocenters. The molecule has 190 valence electrons.